The molecule has 0 aromatic heterocycles. The van der Waals surface area contributed by atoms with Crippen LogP contribution in [0.2, 0.25) is 0 Å². The van der Waals surface area contributed by atoms with Gasteiger partial charge in [-0.15, -0.1) is 11.8 Å². The molecule has 0 saturated carbocycles. The van der Waals surface area contributed by atoms with Gasteiger partial charge in [0.05, 0.1) is 23.8 Å². The first-order chi connectivity index (χ1) is 12.4. The van der Waals surface area contributed by atoms with Gasteiger partial charge in [0.1, 0.15) is 0 Å². The summed E-state index contributed by atoms with van der Waals surface area (Å²) in [6, 6.07) is 14.7. The number of hydrogen-bond acceptors (Lipinski definition) is 5. The highest BCUT2D eigenvalue weighted by molar-refractivity contribution is 7.99. The van der Waals surface area contributed by atoms with Crippen molar-refractivity contribution < 1.29 is 14.5 Å². The van der Waals surface area contributed by atoms with E-state index in [1.165, 1.54) is 24.9 Å². The van der Waals surface area contributed by atoms with E-state index in [-0.39, 0.29) is 23.4 Å². The fourth-order valence-corrected chi connectivity index (χ4v) is 3.39. The largest absolute Gasteiger partial charge is 0.490 e. The molecule has 0 bridgehead atoms. The van der Waals surface area contributed by atoms with Crippen molar-refractivity contribution in [2.45, 2.75) is 18.7 Å². The molecule has 1 amide bonds. The van der Waals surface area contributed by atoms with E-state index in [1.807, 2.05) is 37.3 Å². The molecule has 2 aromatic rings. The molecule has 0 heterocycles. The first kappa shape index (κ1) is 19.8. The molecule has 1 atom stereocenters. The van der Waals surface area contributed by atoms with Crippen molar-refractivity contribution >= 4 is 23.4 Å². The Balaban J connectivity index is 1.92. The number of ether oxygens (including phenoxy) is 1. The molecule has 0 aliphatic carbocycles. The Morgan fingerprint density at radius 3 is 2.58 bits per heavy atom. The zero-order chi connectivity index (χ0) is 19.1. The second kappa shape index (κ2) is 9.24. The number of amides is 1. The minimum atomic E-state index is -0.465. The Labute approximate surface area is 157 Å². The van der Waals surface area contributed by atoms with Crippen LogP contribution in [0.4, 0.5) is 5.69 Å². The molecule has 2 rings (SSSR count). The third kappa shape index (κ3) is 4.98. The van der Waals surface area contributed by atoms with Crippen molar-refractivity contribution in [2.24, 2.45) is 0 Å². The Kier molecular flexibility index (Phi) is 7.03. The van der Waals surface area contributed by atoms with Crippen LogP contribution in [0.15, 0.2) is 48.5 Å². The Hall–Kier alpha value is -2.54. The van der Waals surface area contributed by atoms with Crippen LogP contribution < -0.4 is 4.74 Å². The first-order valence-electron chi connectivity index (χ1n) is 8.13. The highest BCUT2D eigenvalue weighted by atomic mass is 32.2. The summed E-state index contributed by atoms with van der Waals surface area (Å²) in [5.41, 5.74) is 1.81. The molecule has 0 unspecified atom stereocenters. The summed E-state index contributed by atoms with van der Waals surface area (Å²) in [5, 5.41) is 11.1. The average molecular weight is 374 g/mol. The molecular formula is C19H22N2O4S. The van der Waals surface area contributed by atoms with Crippen LogP contribution in [0.5, 0.6) is 5.75 Å². The quantitative estimate of drug-likeness (QED) is 0.515. The van der Waals surface area contributed by atoms with Crippen LogP contribution in [0.1, 0.15) is 24.1 Å². The van der Waals surface area contributed by atoms with Crippen molar-refractivity contribution in [2.75, 3.05) is 19.9 Å². The maximum absolute atomic E-state index is 12.4. The molecule has 0 radical (unpaired) electrons. The number of benzene rings is 2. The third-order valence-electron chi connectivity index (χ3n) is 4.19. The standard InChI is InChI=1S/C19H22N2O4S/c1-14(16-7-5-4-6-8-16)20(2)19(22)13-26-12-15-9-10-18(25-3)17(11-15)21(23)24/h4-11,14H,12-13H2,1-3H3/t14-/m0/s1. The second-order valence-electron chi connectivity index (χ2n) is 5.85. The van der Waals surface area contributed by atoms with E-state index in [9.17, 15) is 14.9 Å². The van der Waals surface area contributed by atoms with Crippen molar-refractivity contribution in [1.29, 1.82) is 0 Å². The van der Waals surface area contributed by atoms with Crippen molar-refractivity contribution in [3.05, 3.63) is 69.8 Å². The molecule has 0 fully saturated rings. The van der Waals surface area contributed by atoms with E-state index in [0.717, 1.165) is 11.1 Å². The number of nitro groups is 1. The smallest absolute Gasteiger partial charge is 0.311 e. The zero-order valence-electron chi connectivity index (χ0n) is 15.0. The fourth-order valence-electron chi connectivity index (χ4n) is 2.50. The SMILES string of the molecule is COc1ccc(CSCC(=O)N(C)[C@@H](C)c2ccccc2)cc1[N+](=O)[O-]. The first-order valence-corrected chi connectivity index (χ1v) is 9.29. The molecule has 138 valence electrons. The second-order valence-corrected chi connectivity index (χ2v) is 6.83. The van der Waals surface area contributed by atoms with E-state index in [2.05, 4.69) is 0 Å². The lowest BCUT2D eigenvalue weighted by atomic mass is 10.1. The number of nitro benzene ring substituents is 1. The van der Waals surface area contributed by atoms with Crippen LogP contribution in [0, 0.1) is 10.1 Å². The van der Waals surface area contributed by atoms with Gasteiger partial charge < -0.3 is 9.64 Å². The van der Waals surface area contributed by atoms with Gasteiger partial charge in [-0.05, 0) is 24.1 Å². The van der Waals surface area contributed by atoms with E-state index in [4.69, 9.17) is 4.74 Å². The number of carbonyl (C=O) groups is 1. The van der Waals surface area contributed by atoms with Crippen LogP contribution in [-0.4, -0.2) is 35.6 Å². The number of rotatable bonds is 8. The van der Waals surface area contributed by atoms with Crippen molar-refractivity contribution in [1.82, 2.24) is 4.90 Å². The summed E-state index contributed by atoms with van der Waals surface area (Å²) in [4.78, 5) is 24.7. The van der Waals surface area contributed by atoms with Gasteiger partial charge >= 0.3 is 5.69 Å². The fraction of sp³-hybridized carbons (Fsp3) is 0.316. The van der Waals surface area contributed by atoms with Crippen LogP contribution in [0.3, 0.4) is 0 Å². The summed E-state index contributed by atoms with van der Waals surface area (Å²) < 4.78 is 4.99. The number of nitrogens with zero attached hydrogens (tertiary/aromatic N) is 2. The van der Waals surface area contributed by atoms with Gasteiger partial charge in [-0.2, -0.15) is 0 Å². The van der Waals surface area contributed by atoms with E-state index < -0.39 is 4.92 Å². The number of hydrogen-bond donors (Lipinski definition) is 0. The van der Waals surface area contributed by atoms with E-state index in [0.29, 0.717) is 11.5 Å². The summed E-state index contributed by atoms with van der Waals surface area (Å²) >= 11 is 1.43. The molecule has 2 aromatic carbocycles. The number of carbonyl (C=O) groups excluding carboxylic acids is 1. The predicted molar refractivity (Wildman–Crippen MR) is 103 cm³/mol. The van der Waals surface area contributed by atoms with Crippen molar-refractivity contribution in [3.63, 3.8) is 0 Å². The average Bonchev–Trinajstić information content (AvgIpc) is 2.67. The summed E-state index contributed by atoms with van der Waals surface area (Å²) in [5.74, 6) is 1.09. The minimum Gasteiger partial charge on any atom is -0.490 e. The molecule has 0 spiro atoms. The molecule has 0 aliphatic rings. The zero-order valence-corrected chi connectivity index (χ0v) is 15.9. The molecule has 0 aliphatic heterocycles. The van der Waals surface area contributed by atoms with E-state index in [1.54, 1.807) is 24.1 Å². The lowest BCUT2D eigenvalue weighted by molar-refractivity contribution is -0.385. The number of methoxy groups -OCH3 is 1. The molecule has 6 nitrogen and oxygen atoms in total. The van der Waals surface area contributed by atoms with Crippen LogP contribution >= 0.6 is 11.8 Å². The molecule has 7 heteroatoms. The summed E-state index contributed by atoms with van der Waals surface area (Å²) in [7, 11) is 3.19. The molecular weight excluding hydrogens is 352 g/mol. The molecule has 26 heavy (non-hydrogen) atoms. The van der Waals surface area contributed by atoms with Crippen LogP contribution in [-0.2, 0) is 10.5 Å². The highest BCUT2D eigenvalue weighted by Crippen LogP contribution is 2.29. The highest BCUT2D eigenvalue weighted by Gasteiger charge is 2.18. The maximum Gasteiger partial charge on any atom is 0.311 e. The van der Waals surface area contributed by atoms with Gasteiger partial charge in [0, 0.05) is 18.9 Å². The number of thioether (sulfide) groups is 1. The third-order valence-corrected chi connectivity index (χ3v) is 5.18. The Bertz CT molecular complexity index is 767. The topological polar surface area (TPSA) is 72.7 Å². The van der Waals surface area contributed by atoms with Gasteiger partial charge in [0.2, 0.25) is 5.91 Å². The Morgan fingerprint density at radius 1 is 1.27 bits per heavy atom. The Morgan fingerprint density at radius 2 is 1.96 bits per heavy atom. The van der Waals surface area contributed by atoms with Gasteiger partial charge in [-0.25, -0.2) is 0 Å². The lowest BCUT2D eigenvalue weighted by Gasteiger charge is -2.25. The normalized spacial score (nSPS) is 11.7. The van der Waals surface area contributed by atoms with Gasteiger partial charge in [-0.1, -0.05) is 36.4 Å². The van der Waals surface area contributed by atoms with Crippen molar-refractivity contribution in [3.8, 4) is 5.75 Å². The molecule has 0 N–H and O–H groups in total. The van der Waals surface area contributed by atoms with Gasteiger partial charge in [-0.3, -0.25) is 14.9 Å². The van der Waals surface area contributed by atoms with E-state index >= 15 is 0 Å². The maximum atomic E-state index is 12.4. The van der Waals surface area contributed by atoms with Crippen LogP contribution in [0.25, 0.3) is 0 Å². The predicted octanol–water partition coefficient (Wildman–Crippen LogP) is 4.06. The summed E-state index contributed by atoms with van der Waals surface area (Å²) in [6.07, 6.45) is 0. The molecule has 0 saturated heterocycles. The van der Waals surface area contributed by atoms with Gasteiger partial charge in [0.25, 0.3) is 0 Å². The summed E-state index contributed by atoms with van der Waals surface area (Å²) in [6.45, 7) is 1.99. The minimum absolute atomic E-state index is 0.00799. The van der Waals surface area contributed by atoms with Gasteiger partial charge in [0.15, 0.2) is 5.75 Å². The monoisotopic (exact) mass is 374 g/mol. The lowest BCUT2D eigenvalue weighted by Crippen LogP contribution is -2.31.